The lowest BCUT2D eigenvalue weighted by atomic mass is 9.82. The summed E-state index contributed by atoms with van der Waals surface area (Å²) >= 11 is 0. The maximum Gasteiger partial charge on any atom is 0.225 e. The zero-order valence-corrected chi connectivity index (χ0v) is 15.1. The predicted octanol–water partition coefficient (Wildman–Crippen LogP) is 2.24. The number of ketones is 1. The number of likely N-dealkylation sites (N-methyl/N-ethyl adjacent to an activating group) is 1. The van der Waals surface area contributed by atoms with Crippen molar-refractivity contribution in [2.45, 2.75) is 25.7 Å². The van der Waals surface area contributed by atoms with Gasteiger partial charge in [0.1, 0.15) is 5.75 Å². The van der Waals surface area contributed by atoms with E-state index in [9.17, 15) is 9.90 Å². The molecule has 2 heterocycles. The molecule has 1 fully saturated rings. The molecule has 4 rings (SSSR count). The number of nitrogens with zero attached hydrogens (tertiary/aromatic N) is 4. The van der Waals surface area contributed by atoms with Gasteiger partial charge in [-0.05, 0) is 24.6 Å². The van der Waals surface area contributed by atoms with Crippen molar-refractivity contribution in [2.75, 3.05) is 37.6 Å². The molecule has 6 heteroatoms. The Balaban J connectivity index is 1.58. The van der Waals surface area contributed by atoms with E-state index in [4.69, 9.17) is 4.98 Å². The third-order valence-corrected chi connectivity index (χ3v) is 5.51. The van der Waals surface area contributed by atoms with Crippen LogP contribution < -0.4 is 4.90 Å². The molecule has 0 saturated carbocycles. The quantitative estimate of drug-likeness (QED) is 0.914. The van der Waals surface area contributed by atoms with Gasteiger partial charge in [0.25, 0.3) is 0 Å². The van der Waals surface area contributed by atoms with Crippen LogP contribution in [0.4, 0.5) is 5.95 Å². The third kappa shape index (κ3) is 3.17. The molecule has 1 aromatic carbocycles. The van der Waals surface area contributed by atoms with Gasteiger partial charge in [-0.15, -0.1) is 0 Å². The summed E-state index contributed by atoms with van der Waals surface area (Å²) in [5.41, 5.74) is 2.26. The maximum atomic E-state index is 12.6. The molecule has 1 N–H and O–H groups in total. The zero-order chi connectivity index (χ0) is 18.1. The second-order valence-corrected chi connectivity index (χ2v) is 7.04. The summed E-state index contributed by atoms with van der Waals surface area (Å²) in [6, 6.07) is 7.26. The lowest BCUT2D eigenvalue weighted by Crippen LogP contribution is -2.46. The zero-order valence-electron chi connectivity index (χ0n) is 15.1. The van der Waals surface area contributed by atoms with Gasteiger partial charge in [0.05, 0.1) is 11.3 Å². The molecular weight excluding hydrogens is 328 g/mol. The first-order valence-electron chi connectivity index (χ1n) is 9.30. The highest BCUT2D eigenvalue weighted by atomic mass is 16.3. The number of carbonyl (C=O) groups excluding carboxylic acids is 1. The number of hydrogen-bond donors (Lipinski definition) is 1. The minimum Gasteiger partial charge on any atom is -0.508 e. The summed E-state index contributed by atoms with van der Waals surface area (Å²) in [7, 11) is 0. The first kappa shape index (κ1) is 17.0. The molecule has 0 radical (unpaired) electrons. The van der Waals surface area contributed by atoms with Crippen LogP contribution in [0.15, 0.2) is 30.5 Å². The summed E-state index contributed by atoms with van der Waals surface area (Å²) in [5.74, 6) is 0.988. The Morgan fingerprint density at radius 2 is 1.92 bits per heavy atom. The maximum absolute atomic E-state index is 12.6. The number of phenolic OH excluding ortho intramolecular Hbond substituents is 1. The van der Waals surface area contributed by atoms with Crippen molar-refractivity contribution in [1.82, 2.24) is 14.9 Å². The molecule has 1 aliphatic carbocycles. The largest absolute Gasteiger partial charge is 0.508 e. The van der Waals surface area contributed by atoms with Crippen LogP contribution in [-0.2, 0) is 6.42 Å². The Morgan fingerprint density at radius 3 is 2.65 bits per heavy atom. The van der Waals surface area contributed by atoms with Crippen LogP contribution in [0, 0.1) is 0 Å². The van der Waals surface area contributed by atoms with E-state index >= 15 is 0 Å². The normalized spacial score (nSPS) is 20.9. The Kier molecular flexibility index (Phi) is 4.59. The summed E-state index contributed by atoms with van der Waals surface area (Å²) in [6.07, 6.45) is 2.73. The average Bonchev–Trinajstić information content (AvgIpc) is 2.68. The number of benzene rings is 1. The van der Waals surface area contributed by atoms with Crippen molar-refractivity contribution in [1.29, 1.82) is 0 Å². The smallest absolute Gasteiger partial charge is 0.225 e. The lowest BCUT2D eigenvalue weighted by Gasteiger charge is -2.34. The Bertz CT molecular complexity index is 815. The molecule has 1 aromatic heterocycles. The van der Waals surface area contributed by atoms with Crippen LogP contribution in [0.25, 0.3) is 0 Å². The Hall–Kier alpha value is -2.47. The van der Waals surface area contributed by atoms with E-state index in [1.807, 2.05) is 12.1 Å². The van der Waals surface area contributed by atoms with Crippen molar-refractivity contribution >= 4 is 11.7 Å². The number of aromatic hydroxyl groups is 1. The van der Waals surface area contributed by atoms with Crippen molar-refractivity contribution in [3.05, 3.63) is 47.3 Å². The molecule has 1 aliphatic heterocycles. The van der Waals surface area contributed by atoms with Crippen LogP contribution >= 0.6 is 0 Å². The molecule has 136 valence electrons. The number of anilines is 1. The number of Topliss-reactive ketones (excluding diaryl/α,β-unsaturated/α-hetero) is 1. The van der Waals surface area contributed by atoms with Gasteiger partial charge in [0, 0.05) is 44.7 Å². The third-order valence-electron chi connectivity index (χ3n) is 5.51. The molecule has 1 atom stereocenters. The number of aromatic nitrogens is 2. The van der Waals surface area contributed by atoms with E-state index < -0.39 is 0 Å². The number of rotatable bonds is 3. The summed E-state index contributed by atoms with van der Waals surface area (Å²) in [4.78, 5) is 26.4. The summed E-state index contributed by atoms with van der Waals surface area (Å²) in [6.45, 7) is 7.07. The van der Waals surface area contributed by atoms with E-state index in [2.05, 4.69) is 21.7 Å². The molecule has 0 amide bonds. The van der Waals surface area contributed by atoms with E-state index in [0.717, 1.165) is 44.0 Å². The minimum atomic E-state index is -0.0316. The molecule has 1 saturated heterocycles. The van der Waals surface area contributed by atoms with Crippen molar-refractivity contribution in [3.8, 4) is 5.75 Å². The molecule has 2 aliphatic rings. The average molecular weight is 352 g/mol. The molecule has 0 bridgehead atoms. The van der Waals surface area contributed by atoms with Gasteiger partial charge in [0.2, 0.25) is 5.95 Å². The van der Waals surface area contributed by atoms with Gasteiger partial charge in [-0.3, -0.25) is 4.79 Å². The van der Waals surface area contributed by atoms with Gasteiger partial charge < -0.3 is 14.9 Å². The van der Waals surface area contributed by atoms with Gasteiger partial charge >= 0.3 is 0 Å². The molecule has 0 unspecified atom stereocenters. The van der Waals surface area contributed by atoms with Crippen LogP contribution in [0.5, 0.6) is 5.75 Å². The van der Waals surface area contributed by atoms with E-state index in [1.54, 1.807) is 18.3 Å². The lowest BCUT2D eigenvalue weighted by molar-refractivity contribution is 0.0962. The van der Waals surface area contributed by atoms with E-state index in [1.165, 1.54) is 0 Å². The minimum absolute atomic E-state index is 0.0316. The van der Waals surface area contributed by atoms with Crippen LogP contribution in [-0.4, -0.2) is 58.5 Å². The van der Waals surface area contributed by atoms with Gasteiger partial charge in [0.15, 0.2) is 5.78 Å². The monoisotopic (exact) mass is 352 g/mol. The number of piperazine rings is 1. The van der Waals surface area contributed by atoms with Crippen LogP contribution in [0.1, 0.15) is 40.9 Å². The van der Waals surface area contributed by atoms with Crippen LogP contribution in [0.3, 0.4) is 0 Å². The van der Waals surface area contributed by atoms with Gasteiger partial charge in [-0.25, -0.2) is 9.97 Å². The fourth-order valence-corrected chi connectivity index (χ4v) is 3.90. The standard InChI is InChI=1S/C20H24N4O2/c1-2-23-7-9-24(10-8-23)20-21-13-16-17(22-20)11-14(12-19(16)26)15-5-3-4-6-18(15)25/h3-6,13-14,25H,2,7-12H2,1H3/t14-/m0/s1. The first-order chi connectivity index (χ1) is 12.7. The van der Waals surface area contributed by atoms with Crippen molar-refractivity contribution < 1.29 is 9.90 Å². The molecule has 6 nitrogen and oxygen atoms in total. The highest BCUT2D eigenvalue weighted by Gasteiger charge is 2.30. The second kappa shape index (κ2) is 7.03. The summed E-state index contributed by atoms with van der Waals surface area (Å²) < 4.78 is 0. The highest BCUT2D eigenvalue weighted by Crippen LogP contribution is 2.36. The van der Waals surface area contributed by atoms with E-state index in [0.29, 0.717) is 24.4 Å². The highest BCUT2D eigenvalue weighted by molar-refractivity contribution is 5.98. The van der Waals surface area contributed by atoms with Gasteiger partial charge in [-0.2, -0.15) is 0 Å². The number of fused-ring (bicyclic) bond motifs is 1. The SMILES string of the molecule is CCN1CCN(c2ncc3c(n2)C[C@H](c2ccccc2O)CC3=O)CC1. The Labute approximate surface area is 153 Å². The second-order valence-electron chi connectivity index (χ2n) is 7.04. The first-order valence-corrected chi connectivity index (χ1v) is 9.30. The van der Waals surface area contributed by atoms with Crippen molar-refractivity contribution in [3.63, 3.8) is 0 Å². The summed E-state index contributed by atoms with van der Waals surface area (Å²) in [5, 5.41) is 10.1. The molecule has 2 aromatic rings. The van der Waals surface area contributed by atoms with Crippen LogP contribution in [0.2, 0.25) is 0 Å². The van der Waals surface area contributed by atoms with Gasteiger partial charge in [-0.1, -0.05) is 25.1 Å². The Morgan fingerprint density at radius 1 is 1.15 bits per heavy atom. The number of carbonyl (C=O) groups is 1. The molecular formula is C20H24N4O2. The topological polar surface area (TPSA) is 69.6 Å². The number of phenols is 1. The van der Waals surface area contributed by atoms with Crippen molar-refractivity contribution in [2.24, 2.45) is 0 Å². The molecule has 0 spiro atoms. The number of para-hydroxylation sites is 1. The molecule has 26 heavy (non-hydrogen) atoms. The fourth-order valence-electron chi connectivity index (χ4n) is 3.90. The predicted molar refractivity (Wildman–Crippen MR) is 99.9 cm³/mol. The number of hydrogen-bond acceptors (Lipinski definition) is 6. The fraction of sp³-hybridized carbons (Fsp3) is 0.450. The van der Waals surface area contributed by atoms with E-state index in [-0.39, 0.29) is 17.5 Å².